The maximum absolute atomic E-state index is 10.4. The van der Waals surface area contributed by atoms with E-state index in [1.54, 1.807) is 0 Å². The molecular formula is C13H22O6. The van der Waals surface area contributed by atoms with Crippen LogP contribution in [0, 0.1) is 0 Å². The van der Waals surface area contributed by atoms with Crippen molar-refractivity contribution in [3.05, 3.63) is 24.3 Å². The van der Waals surface area contributed by atoms with Crippen molar-refractivity contribution >= 4 is 11.9 Å². The minimum atomic E-state index is -0.739. The van der Waals surface area contributed by atoms with Crippen molar-refractivity contribution in [1.82, 2.24) is 0 Å². The Kier molecular flexibility index (Phi) is 13.2. The molecule has 0 saturated heterocycles. The normalized spacial score (nSPS) is 8.84. The van der Waals surface area contributed by atoms with E-state index >= 15 is 0 Å². The molecule has 0 atom stereocenters. The smallest absolute Gasteiger partial charge is 0.296 e. The third kappa shape index (κ3) is 11.2. The van der Waals surface area contributed by atoms with Crippen LogP contribution in [0.4, 0.5) is 0 Å². The highest BCUT2D eigenvalue weighted by atomic mass is 17.1. The zero-order valence-corrected chi connectivity index (χ0v) is 11.5. The van der Waals surface area contributed by atoms with E-state index in [0.29, 0.717) is 24.0 Å². The molecule has 0 unspecified atom stereocenters. The average Bonchev–Trinajstić information content (AvgIpc) is 2.43. The summed E-state index contributed by atoms with van der Waals surface area (Å²) in [6.45, 7) is 10.7. The van der Waals surface area contributed by atoms with Crippen LogP contribution in [0.1, 0.15) is 46.0 Å². The van der Waals surface area contributed by atoms with Crippen molar-refractivity contribution in [3.8, 4) is 0 Å². The highest BCUT2D eigenvalue weighted by molar-refractivity contribution is 5.87. The molecule has 19 heavy (non-hydrogen) atoms. The quantitative estimate of drug-likeness (QED) is 0.421. The largest absolute Gasteiger partial charge is 0.368 e. The molecule has 0 bridgehead atoms. The van der Waals surface area contributed by atoms with Crippen LogP contribution in [0.25, 0.3) is 0 Å². The summed E-state index contributed by atoms with van der Waals surface area (Å²) in [5.74, 6) is -1.47. The van der Waals surface area contributed by atoms with Gasteiger partial charge in [0.25, 0.3) is 0 Å². The van der Waals surface area contributed by atoms with Crippen molar-refractivity contribution in [2.45, 2.75) is 46.0 Å². The highest BCUT2D eigenvalue weighted by Gasteiger charge is 2.06. The van der Waals surface area contributed by atoms with Gasteiger partial charge in [0, 0.05) is 11.1 Å². The van der Waals surface area contributed by atoms with Gasteiger partial charge in [-0.05, 0) is 19.3 Å². The summed E-state index contributed by atoms with van der Waals surface area (Å²) < 4.78 is 0. The van der Waals surface area contributed by atoms with E-state index in [1.807, 2.05) is 13.8 Å². The molecule has 110 valence electrons. The van der Waals surface area contributed by atoms with Crippen molar-refractivity contribution in [1.29, 1.82) is 0 Å². The van der Waals surface area contributed by atoms with Crippen LogP contribution < -0.4 is 0 Å². The third-order valence-electron chi connectivity index (χ3n) is 2.13. The van der Waals surface area contributed by atoms with Crippen molar-refractivity contribution < 1.29 is 29.9 Å². The molecule has 0 fully saturated rings. The summed E-state index contributed by atoms with van der Waals surface area (Å²) in [5.41, 5.74) is 0.629. The lowest BCUT2D eigenvalue weighted by molar-refractivity contribution is -0.229. The SMILES string of the molecule is C=C(CCC)C(=O)OO.C=C(CCCC)C(=O)OO. The molecule has 0 aliphatic heterocycles. The Morgan fingerprint density at radius 1 is 0.895 bits per heavy atom. The van der Waals surface area contributed by atoms with Crippen LogP contribution in [-0.2, 0) is 19.4 Å². The van der Waals surface area contributed by atoms with Crippen LogP contribution in [-0.4, -0.2) is 22.5 Å². The fraction of sp³-hybridized carbons (Fsp3) is 0.538. The minimum absolute atomic E-state index is 0.306. The molecule has 0 rings (SSSR count). The molecule has 2 N–H and O–H groups in total. The minimum Gasteiger partial charge on any atom is -0.296 e. The third-order valence-corrected chi connectivity index (χ3v) is 2.13. The Bertz CT molecular complexity index is 308. The number of rotatable bonds is 7. The first-order chi connectivity index (χ1) is 8.94. The highest BCUT2D eigenvalue weighted by Crippen LogP contribution is 2.05. The molecule has 0 aromatic carbocycles. The van der Waals surface area contributed by atoms with Crippen LogP contribution >= 0.6 is 0 Å². The molecular weight excluding hydrogens is 252 g/mol. The van der Waals surface area contributed by atoms with Crippen molar-refractivity contribution in [3.63, 3.8) is 0 Å². The summed E-state index contributed by atoms with van der Waals surface area (Å²) in [4.78, 5) is 27.7. The average molecular weight is 274 g/mol. The zero-order valence-electron chi connectivity index (χ0n) is 11.5. The summed E-state index contributed by atoms with van der Waals surface area (Å²) in [6.07, 6.45) is 3.88. The van der Waals surface area contributed by atoms with Gasteiger partial charge >= 0.3 is 11.9 Å². The van der Waals surface area contributed by atoms with Gasteiger partial charge < -0.3 is 0 Å². The van der Waals surface area contributed by atoms with Gasteiger partial charge in [-0.3, -0.25) is 9.78 Å². The van der Waals surface area contributed by atoms with Crippen LogP contribution in [0.3, 0.4) is 0 Å². The molecule has 0 spiro atoms. The lowest BCUT2D eigenvalue weighted by atomic mass is 10.1. The first kappa shape index (κ1) is 19.7. The van der Waals surface area contributed by atoms with Crippen LogP contribution in [0.15, 0.2) is 24.3 Å². The van der Waals surface area contributed by atoms with Gasteiger partial charge in [0.2, 0.25) is 0 Å². The molecule has 0 aromatic rings. The second-order valence-corrected chi connectivity index (χ2v) is 3.82. The van der Waals surface area contributed by atoms with Gasteiger partial charge in [-0.15, -0.1) is 0 Å². The van der Waals surface area contributed by atoms with Crippen LogP contribution in [0.5, 0.6) is 0 Å². The summed E-state index contributed by atoms with van der Waals surface area (Å²) in [7, 11) is 0. The number of hydrogen-bond acceptors (Lipinski definition) is 6. The van der Waals surface area contributed by atoms with E-state index in [1.165, 1.54) is 0 Å². The zero-order chi connectivity index (χ0) is 15.3. The number of unbranched alkanes of at least 4 members (excludes halogenated alkanes) is 1. The van der Waals surface area contributed by atoms with E-state index in [4.69, 9.17) is 10.5 Å². The monoisotopic (exact) mass is 274 g/mol. The van der Waals surface area contributed by atoms with E-state index in [0.717, 1.165) is 19.3 Å². The molecule has 0 aliphatic carbocycles. The Balaban J connectivity index is 0. The molecule has 0 amide bonds. The van der Waals surface area contributed by atoms with E-state index in [2.05, 4.69) is 22.9 Å². The number of carbonyl (C=O) groups excluding carboxylic acids is 2. The molecule has 0 heterocycles. The summed E-state index contributed by atoms with van der Waals surface area (Å²) in [5, 5.41) is 15.7. The lowest BCUT2D eigenvalue weighted by Crippen LogP contribution is -2.03. The molecule has 0 aromatic heterocycles. The Labute approximate surface area is 113 Å². The van der Waals surface area contributed by atoms with E-state index < -0.39 is 11.9 Å². The van der Waals surface area contributed by atoms with Gasteiger partial charge in [-0.2, -0.15) is 10.5 Å². The molecule has 6 nitrogen and oxygen atoms in total. The molecule has 0 saturated carbocycles. The maximum atomic E-state index is 10.4. The standard InChI is InChI=1S/C7H12O3.C6H10O3/c1-3-4-5-6(2)7(8)10-9;1-3-4-5(2)6(7)9-8/h9H,2-5H2,1H3;8H,2-4H2,1H3. The van der Waals surface area contributed by atoms with Gasteiger partial charge in [0.1, 0.15) is 0 Å². The first-order valence-corrected chi connectivity index (χ1v) is 6.01. The van der Waals surface area contributed by atoms with Crippen LogP contribution in [0.2, 0.25) is 0 Å². The predicted molar refractivity (Wildman–Crippen MR) is 70.2 cm³/mol. The number of carbonyl (C=O) groups is 2. The van der Waals surface area contributed by atoms with Gasteiger partial charge in [-0.1, -0.05) is 39.8 Å². The second-order valence-electron chi connectivity index (χ2n) is 3.82. The Hall–Kier alpha value is -1.66. The first-order valence-electron chi connectivity index (χ1n) is 6.01. The maximum Gasteiger partial charge on any atom is 0.368 e. The number of hydrogen-bond donors (Lipinski definition) is 2. The van der Waals surface area contributed by atoms with Crippen molar-refractivity contribution in [2.24, 2.45) is 0 Å². The fourth-order valence-electron chi connectivity index (χ4n) is 1.03. The topological polar surface area (TPSA) is 93.1 Å². The summed E-state index contributed by atoms with van der Waals surface area (Å²) >= 11 is 0. The molecule has 0 aliphatic rings. The second kappa shape index (κ2) is 12.8. The Morgan fingerprint density at radius 3 is 1.63 bits per heavy atom. The summed E-state index contributed by atoms with van der Waals surface area (Å²) in [6, 6.07) is 0. The Morgan fingerprint density at radius 2 is 1.32 bits per heavy atom. The fourth-order valence-corrected chi connectivity index (χ4v) is 1.03. The van der Waals surface area contributed by atoms with Gasteiger partial charge in [0.15, 0.2) is 0 Å². The van der Waals surface area contributed by atoms with E-state index in [9.17, 15) is 9.59 Å². The van der Waals surface area contributed by atoms with Gasteiger partial charge in [0.05, 0.1) is 0 Å². The molecule has 0 radical (unpaired) electrons. The lowest BCUT2D eigenvalue weighted by Gasteiger charge is -1.98. The van der Waals surface area contributed by atoms with E-state index in [-0.39, 0.29) is 0 Å². The van der Waals surface area contributed by atoms with Gasteiger partial charge in [-0.25, -0.2) is 9.59 Å². The molecule has 6 heteroatoms. The van der Waals surface area contributed by atoms with Crippen molar-refractivity contribution in [2.75, 3.05) is 0 Å². The predicted octanol–water partition coefficient (Wildman–Crippen LogP) is 3.11.